The van der Waals surface area contributed by atoms with Gasteiger partial charge in [-0.15, -0.1) is 0 Å². The Morgan fingerprint density at radius 3 is 1.64 bits per heavy atom. The van der Waals surface area contributed by atoms with Crippen LogP contribution in [0, 0.1) is 0 Å². The van der Waals surface area contributed by atoms with Crippen LogP contribution in [0.25, 0.3) is 0 Å². The Balaban J connectivity index is -0.000000167. The van der Waals surface area contributed by atoms with Gasteiger partial charge in [-0.2, -0.15) is 0 Å². The number of hydrogen-bond donors (Lipinski definition) is 4. The summed E-state index contributed by atoms with van der Waals surface area (Å²) < 4.78 is 10.4. The SMILES string of the molecule is CC(O)(CC(=O)O)P(=O)(O)O.[NaH].[NaH].[NaH]. The molecule has 1 atom stereocenters. The average molecular weight is 256 g/mol. The summed E-state index contributed by atoms with van der Waals surface area (Å²) in [6.07, 6.45) is -0.975. The monoisotopic (exact) mass is 256 g/mol. The summed E-state index contributed by atoms with van der Waals surface area (Å²) in [5.74, 6) is -1.46. The van der Waals surface area contributed by atoms with Gasteiger partial charge in [-0.05, 0) is 6.92 Å². The van der Waals surface area contributed by atoms with Gasteiger partial charge in [0, 0.05) is 0 Å². The van der Waals surface area contributed by atoms with Crippen molar-refractivity contribution < 1.29 is 29.4 Å². The molecular weight excluding hydrogens is 244 g/mol. The van der Waals surface area contributed by atoms with Gasteiger partial charge in [0.2, 0.25) is 0 Å². The second kappa shape index (κ2) is 9.59. The van der Waals surface area contributed by atoms with Crippen LogP contribution in [-0.2, 0) is 9.36 Å². The first-order valence-corrected chi connectivity index (χ1v) is 4.28. The van der Waals surface area contributed by atoms with E-state index in [9.17, 15) is 9.36 Å². The van der Waals surface area contributed by atoms with Gasteiger partial charge in [-0.25, -0.2) is 0 Å². The molecule has 0 fully saturated rings. The maximum absolute atomic E-state index is 10.4. The molecule has 0 rings (SSSR count). The molecule has 0 saturated carbocycles. The van der Waals surface area contributed by atoms with Gasteiger partial charge in [0.25, 0.3) is 0 Å². The normalized spacial score (nSPS) is 13.7. The second-order valence-electron chi connectivity index (χ2n) is 2.33. The topological polar surface area (TPSA) is 115 Å². The molecule has 0 bridgehead atoms. The van der Waals surface area contributed by atoms with E-state index in [-0.39, 0.29) is 88.7 Å². The molecule has 10 heteroatoms. The molecule has 0 aromatic heterocycles. The summed E-state index contributed by atoms with van der Waals surface area (Å²) >= 11 is 0. The molecule has 14 heavy (non-hydrogen) atoms. The maximum atomic E-state index is 10.4. The summed E-state index contributed by atoms with van der Waals surface area (Å²) in [6, 6.07) is 0. The molecule has 0 spiro atoms. The summed E-state index contributed by atoms with van der Waals surface area (Å²) in [5.41, 5.74) is 0. The fourth-order valence-electron chi connectivity index (χ4n) is 0.389. The van der Waals surface area contributed by atoms with Crippen LogP contribution >= 0.6 is 7.60 Å². The fourth-order valence-corrected chi connectivity index (χ4v) is 0.731. The van der Waals surface area contributed by atoms with Crippen LogP contribution in [0.2, 0.25) is 0 Å². The van der Waals surface area contributed by atoms with Crippen molar-refractivity contribution in [2.45, 2.75) is 18.7 Å². The first-order valence-electron chi connectivity index (χ1n) is 2.66. The Labute approximate surface area is 148 Å². The molecule has 0 radical (unpaired) electrons. The molecule has 0 amide bonds. The first-order chi connectivity index (χ1) is 4.67. The molecule has 0 aliphatic rings. The van der Waals surface area contributed by atoms with E-state index in [1.807, 2.05) is 0 Å². The van der Waals surface area contributed by atoms with E-state index >= 15 is 0 Å². The predicted molar refractivity (Wildman–Crippen MR) is 56.4 cm³/mol. The predicted octanol–water partition coefficient (Wildman–Crippen LogP) is -2.60. The Kier molecular flexibility index (Phi) is 17.4. The van der Waals surface area contributed by atoms with E-state index in [4.69, 9.17) is 20.0 Å². The van der Waals surface area contributed by atoms with Gasteiger partial charge < -0.3 is 20.0 Å². The first kappa shape index (κ1) is 25.4. The van der Waals surface area contributed by atoms with Crippen LogP contribution in [0.4, 0.5) is 0 Å². The van der Waals surface area contributed by atoms with Crippen LogP contribution in [-0.4, -0.2) is 120 Å². The summed E-state index contributed by atoms with van der Waals surface area (Å²) in [7, 11) is -4.75. The molecular formula is C4H12Na3O6P. The van der Waals surface area contributed by atoms with Crippen molar-refractivity contribution in [2.75, 3.05) is 0 Å². The van der Waals surface area contributed by atoms with Crippen molar-refractivity contribution in [1.29, 1.82) is 0 Å². The number of carbonyl (C=O) groups is 1. The van der Waals surface area contributed by atoms with Crippen LogP contribution in [0.15, 0.2) is 0 Å². The van der Waals surface area contributed by atoms with Gasteiger partial charge in [-0.1, -0.05) is 0 Å². The molecule has 4 N–H and O–H groups in total. The number of carboxylic acid groups (broad SMARTS) is 1. The summed E-state index contributed by atoms with van der Waals surface area (Å²) in [4.78, 5) is 26.7. The quantitative estimate of drug-likeness (QED) is 0.325. The zero-order valence-corrected chi connectivity index (χ0v) is 6.65. The minimum absolute atomic E-state index is 0. The Morgan fingerprint density at radius 1 is 1.29 bits per heavy atom. The Morgan fingerprint density at radius 2 is 1.57 bits per heavy atom. The number of carboxylic acids is 1. The minimum atomic E-state index is -4.75. The number of hydrogen-bond acceptors (Lipinski definition) is 3. The van der Waals surface area contributed by atoms with Crippen molar-refractivity contribution in [3.05, 3.63) is 0 Å². The van der Waals surface area contributed by atoms with Gasteiger partial charge in [0.1, 0.15) is 0 Å². The van der Waals surface area contributed by atoms with E-state index in [0.717, 1.165) is 6.92 Å². The van der Waals surface area contributed by atoms with Crippen LogP contribution < -0.4 is 0 Å². The molecule has 1 unspecified atom stereocenters. The van der Waals surface area contributed by atoms with Gasteiger partial charge in [0.05, 0.1) is 6.42 Å². The van der Waals surface area contributed by atoms with E-state index in [1.54, 1.807) is 0 Å². The van der Waals surface area contributed by atoms with E-state index in [2.05, 4.69) is 0 Å². The molecule has 0 heterocycles. The van der Waals surface area contributed by atoms with Crippen molar-refractivity contribution in [2.24, 2.45) is 0 Å². The second-order valence-corrected chi connectivity index (χ2v) is 4.38. The van der Waals surface area contributed by atoms with E-state index in [1.165, 1.54) is 0 Å². The molecule has 0 aromatic rings. The van der Waals surface area contributed by atoms with E-state index < -0.39 is 25.3 Å². The molecule has 0 saturated heterocycles. The van der Waals surface area contributed by atoms with Gasteiger partial charge in [0.15, 0.2) is 5.34 Å². The van der Waals surface area contributed by atoms with Crippen molar-refractivity contribution in [3.63, 3.8) is 0 Å². The molecule has 0 aromatic carbocycles. The van der Waals surface area contributed by atoms with Crippen LogP contribution in [0.3, 0.4) is 0 Å². The van der Waals surface area contributed by atoms with Crippen LogP contribution in [0.1, 0.15) is 13.3 Å². The number of aliphatic carboxylic acids is 1. The van der Waals surface area contributed by atoms with Crippen molar-refractivity contribution >= 4 is 102 Å². The van der Waals surface area contributed by atoms with Crippen molar-refractivity contribution in [3.8, 4) is 0 Å². The molecule has 6 nitrogen and oxygen atoms in total. The third kappa shape index (κ3) is 9.78. The number of rotatable bonds is 3. The zero-order chi connectivity index (χ0) is 9.28. The summed E-state index contributed by atoms with van der Waals surface area (Å²) in [6.45, 7) is 0.780. The zero-order valence-electron chi connectivity index (χ0n) is 5.76. The standard InChI is InChI=1S/C4H9O6P.3Na.3H/c1-4(7,2-3(5)6)11(8,9)10;;;;;;/h7H,2H2,1H3,(H,5,6)(H2,8,9,10);;;;;;. The van der Waals surface area contributed by atoms with Gasteiger partial charge >= 0.3 is 102 Å². The van der Waals surface area contributed by atoms with Crippen molar-refractivity contribution in [1.82, 2.24) is 0 Å². The third-order valence-electron chi connectivity index (χ3n) is 1.11. The summed E-state index contributed by atoms with van der Waals surface area (Å²) in [5, 5.41) is 14.5. The molecule has 0 aliphatic heterocycles. The average Bonchev–Trinajstić information content (AvgIpc) is 1.56. The van der Waals surface area contributed by atoms with Gasteiger partial charge in [-0.3, -0.25) is 9.36 Å². The Hall–Kier alpha value is 2.58. The van der Waals surface area contributed by atoms with Crippen LogP contribution in [0.5, 0.6) is 0 Å². The van der Waals surface area contributed by atoms with E-state index in [0.29, 0.717) is 0 Å². The fraction of sp³-hybridized carbons (Fsp3) is 0.750. The molecule has 0 aliphatic carbocycles. The number of aliphatic hydroxyl groups is 1. The third-order valence-corrected chi connectivity index (χ3v) is 2.53. The molecule has 72 valence electrons. The Bertz CT molecular complexity index is 213.